The summed E-state index contributed by atoms with van der Waals surface area (Å²) < 4.78 is 1.95. The number of pyridine rings is 1. The molecule has 0 aromatic carbocycles. The Labute approximate surface area is 82.2 Å². The topological polar surface area (TPSA) is 30.7 Å². The molecule has 0 N–H and O–H groups in total. The number of hydrogen-bond donors (Lipinski definition) is 1. The predicted octanol–water partition coefficient (Wildman–Crippen LogP) is 2.30. The molecule has 2 aromatic rings. The van der Waals surface area contributed by atoms with Gasteiger partial charge in [-0.25, -0.2) is 0 Å². The summed E-state index contributed by atoms with van der Waals surface area (Å²) >= 11 is 4.25. The lowest BCUT2D eigenvalue weighted by Gasteiger charge is -2.06. The molecule has 2 aromatic heterocycles. The Morgan fingerprint density at radius 1 is 1.38 bits per heavy atom. The minimum absolute atomic E-state index is 0.356. The third kappa shape index (κ3) is 1.42. The molecule has 0 aliphatic rings. The highest BCUT2D eigenvalue weighted by molar-refractivity contribution is 7.80. The molecule has 0 radical (unpaired) electrons. The highest BCUT2D eigenvalue weighted by Gasteiger charge is 2.05. The summed E-state index contributed by atoms with van der Waals surface area (Å²) in [5.74, 6) is 0. The fraction of sp³-hybridized carbons (Fsp3) is 0.333. The molecule has 2 rings (SSSR count). The van der Waals surface area contributed by atoms with Gasteiger partial charge in [-0.1, -0.05) is 0 Å². The number of rotatable bonds is 1. The van der Waals surface area contributed by atoms with Crippen LogP contribution in [0.25, 0.3) is 11.0 Å². The highest BCUT2D eigenvalue weighted by Crippen LogP contribution is 2.18. The third-order valence-electron chi connectivity index (χ3n) is 1.92. The van der Waals surface area contributed by atoms with Gasteiger partial charge in [0.2, 0.25) is 0 Å². The Morgan fingerprint density at radius 3 is 2.85 bits per heavy atom. The first-order chi connectivity index (χ1) is 6.18. The Kier molecular flexibility index (Phi) is 2.00. The molecule has 0 amide bonds. The van der Waals surface area contributed by atoms with E-state index in [4.69, 9.17) is 0 Å². The fourth-order valence-corrected chi connectivity index (χ4v) is 1.51. The molecule has 0 aliphatic carbocycles. The summed E-state index contributed by atoms with van der Waals surface area (Å²) in [5.41, 5.74) is 1.97. The number of thiol groups is 1. The zero-order valence-electron chi connectivity index (χ0n) is 7.60. The van der Waals surface area contributed by atoms with E-state index in [1.54, 1.807) is 12.4 Å². The second-order valence-electron chi connectivity index (χ2n) is 3.28. The largest absolute Gasteiger partial charge is 0.261 e. The van der Waals surface area contributed by atoms with E-state index < -0.39 is 0 Å². The average Bonchev–Trinajstić information content (AvgIpc) is 2.46. The molecule has 0 fully saturated rings. The smallest absolute Gasteiger partial charge is 0.108 e. The van der Waals surface area contributed by atoms with Crippen LogP contribution >= 0.6 is 12.6 Å². The SMILES string of the molecule is CC(C)n1ncc2ncc(S)cc21. The molecule has 2 heterocycles. The molecule has 0 spiro atoms. The van der Waals surface area contributed by atoms with E-state index in [2.05, 4.69) is 36.6 Å². The van der Waals surface area contributed by atoms with Crippen LogP contribution < -0.4 is 0 Å². The standard InChI is InChI=1S/C9H11N3S/c1-6(2)12-9-3-7(13)4-10-8(9)5-11-12/h3-6,13H,1-2H3. The maximum Gasteiger partial charge on any atom is 0.108 e. The van der Waals surface area contributed by atoms with Crippen molar-refractivity contribution >= 4 is 23.7 Å². The minimum atomic E-state index is 0.356. The molecule has 0 unspecified atom stereocenters. The van der Waals surface area contributed by atoms with Crippen molar-refractivity contribution in [2.24, 2.45) is 0 Å². The van der Waals surface area contributed by atoms with Gasteiger partial charge in [-0.3, -0.25) is 9.67 Å². The minimum Gasteiger partial charge on any atom is -0.261 e. The monoisotopic (exact) mass is 193 g/mol. The molecule has 0 saturated heterocycles. The van der Waals surface area contributed by atoms with Gasteiger partial charge in [0, 0.05) is 17.1 Å². The quantitative estimate of drug-likeness (QED) is 0.704. The zero-order valence-corrected chi connectivity index (χ0v) is 8.49. The molecule has 4 heteroatoms. The first-order valence-corrected chi connectivity index (χ1v) is 4.65. The first-order valence-electron chi connectivity index (χ1n) is 4.20. The lowest BCUT2D eigenvalue weighted by Crippen LogP contribution is -2.01. The normalized spacial score (nSPS) is 11.4. The molecule has 0 atom stereocenters. The Bertz CT molecular complexity index is 433. The predicted molar refractivity (Wildman–Crippen MR) is 55.2 cm³/mol. The van der Waals surface area contributed by atoms with Crippen molar-refractivity contribution in [2.75, 3.05) is 0 Å². The maximum absolute atomic E-state index is 4.26. The van der Waals surface area contributed by atoms with Crippen molar-refractivity contribution in [3.05, 3.63) is 18.5 Å². The van der Waals surface area contributed by atoms with Crippen molar-refractivity contribution in [3.8, 4) is 0 Å². The lowest BCUT2D eigenvalue weighted by atomic mass is 10.3. The Balaban J connectivity index is 2.71. The van der Waals surface area contributed by atoms with Crippen LogP contribution in [0.15, 0.2) is 23.4 Å². The summed E-state index contributed by atoms with van der Waals surface area (Å²) in [7, 11) is 0. The van der Waals surface area contributed by atoms with Crippen LogP contribution in [-0.2, 0) is 0 Å². The second kappa shape index (κ2) is 3.03. The lowest BCUT2D eigenvalue weighted by molar-refractivity contribution is 0.550. The van der Waals surface area contributed by atoms with Crippen molar-refractivity contribution in [1.29, 1.82) is 0 Å². The first kappa shape index (κ1) is 8.56. The Hall–Kier alpha value is -1.03. The van der Waals surface area contributed by atoms with Crippen LogP contribution in [0.4, 0.5) is 0 Å². The maximum atomic E-state index is 4.26. The summed E-state index contributed by atoms with van der Waals surface area (Å²) in [4.78, 5) is 5.09. The van der Waals surface area contributed by atoms with E-state index in [9.17, 15) is 0 Å². The van der Waals surface area contributed by atoms with Gasteiger partial charge in [0.1, 0.15) is 5.52 Å². The second-order valence-corrected chi connectivity index (χ2v) is 3.80. The summed E-state index contributed by atoms with van der Waals surface area (Å²) in [6.07, 6.45) is 3.51. The summed E-state index contributed by atoms with van der Waals surface area (Å²) in [5, 5.41) is 4.26. The molecule has 0 aliphatic heterocycles. The van der Waals surface area contributed by atoms with Gasteiger partial charge in [-0.05, 0) is 19.9 Å². The van der Waals surface area contributed by atoms with Gasteiger partial charge in [0.15, 0.2) is 0 Å². The molecule has 13 heavy (non-hydrogen) atoms. The summed E-state index contributed by atoms with van der Waals surface area (Å²) in [6, 6.07) is 2.34. The van der Waals surface area contributed by atoms with Gasteiger partial charge in [-0.15, -0.1) is 12.6 Å². The summed E-state index contributed by atoms with van der Waals surface area (Å²) in [6.45, 7) is 4.19. The number of hydrogen-bond acceptors (Lipinski definition) is 3. The van der Waals surface area contributed by atoms with E-state index in [1.807, 2.05) is 10.7 Å². The Morgan fingerprint density at radius 2 is 2.15 bits per heavy atom. The van der Waals surface area contributed by atoms with Crippen LogP contribution in [0.1, 0.15) is 19.9 Å². The van der Waals surface area contributed by atoms with Gasteiger partial charge in [-0.2, -0.15) is 5.10 Å². The van der Waals surface area contributed by atoms with E-state index >= 15 is 0 Å². The van der Waals surface area contributed by atoms with Crippen LogP contribution in [0.5, 0.6) is 0 Å². The van der Waals surface area contributed by atoms with Crippen LogP contribution in [0.3, 0.4) is 0 Å². The fourth-order valence-electron chi connectivity index (χ4n) is 1.33. The highest BCUT2D eigenvalue weighted by atomic mass is 32.1. The number of nitrogens with zero attached hydrogens (tertiary/aromatic N) is 3. The van der Waals surface area contributed by atoms with Gasteiger partial charge in [0.05, 0.1) is 11.7 Å². The molecule has 0 saturated carbocycles. The molecule has 0 bridgehead atoms. The van der Waals surface area contributed by atoms with Gasteiger partial charge >= 0.3 is 0 Å². The van der Waals surface area contributed by atoms with E-state index in [0.717, 1.165) is 15.9 Å². The molecule has 68 valence electrons. The van der Waals surface area contributed by atoms with Crippen LogP contribution in [0.2, 0.25) is 0 Å². The molecular weight excluding hydrogens is 182 g/mol. The van der Waals surface area contributed by atoms with Crippen molar-refractivity contribution < 1.29 is 0 Å². The van der Waals surface area contributed by atoms with Crippen LogP contribution in [0, 0.1) is 0 Å². The van der Waals surface area contributed by atoms with Crippen molar-refractivity contribution in [3.63, 3.8) is 0 Å². The van der Waals surface area contributed by atoms with E-state index in [1.165, 1.54) is 0 Å². The van der Waals surface area contributed by atoms with Gasteiger partial charge in [0.25, 0.3) is 0 Å². The zero-order chi connectivity index (χ0) is 9.42. The van der Waals surface area contributed by atoms with E-state index in [0.29, 0.717) is 6.04 Å². The average molecular weight is 193 g/mol. The van der Waals surface area contributed by atoms with Crippen molar-refractivity contribution in [1.82, 2.24) is 14.8 Å². The van der Waals surface area contributed by atoms with E-state index in [-0.39, 0.29) is 0 Å². The molecular formula is C9H11N3S. The van der Waals surface area contributed by atoms with Crippen molar-refractivity contribution in [2.45, 2.75) is 24.8 Å². The van der Waals surface area contributed by atoms with Gasteiger partial charge < -0.3 is 0 Å². The number of aromatic nitrogens is 3. The third-order valence-corrected chi connectivity index (χ3v) is 2.17. The number of fused-ring (bicyclic) bond motifs is 1. The van der Waals surface area contributed by atoms with Crippen LogP contribution in [-0.4, -0.2) is 14.8 Å². The molecule has 3 nitrogen and oxygen atoms in total.